The molecule has 1 heterocycles. The number of carbonyl (C=O) groups is 1. The zero-order valence-electron chi connectivity index (χ0n) is 10.5. The van der Waals surface area contributed by atoms with Gasteiger partial charge in [0.15, 0.2) is 0 Å². The summed E-state index contributed by atoms with van der Waals surface area (Å²) < 4.78 is 26.8. The Balaban J connectivity index is 2.92. The maximum Gasteiger partial charge on any atom is 0.343 e. The lowest BCUT2D eigenvalue weighted by atomic mass is 10.3. The average molecular weight is 273 g/mol. The van der Waals surface area contributed by atoms with Crippen molar-refractivity contribution in [1.29, 1.82) is 0 Å². The monoisotopic (exact) mass is 273 g/mol. The minimum atomic E-state index is -3.07. The van der Waals surface area contributed by atoms with Gasteiger partial charge in [-0.3, -0.25) is 0 Å². The molecule has 1 aromatic rings. The second-order valence-electron chi connectivity index (χ2n) is 3.80. The smallest absolute Gasteiger partial charge is 0.343 e. The molecule has 0 aliphatic carbocycles. The van der Waals surface area contributed by atoms with Gasteiger partial charge in [0.1, 0.15) is 27.5 Å². The molecular formula is C10H15N3O4S. The van der Waals surface area contributed by atoms with Gasteiger partial charge in [0.2, 0.25) is 0 Å². The van der Waals surface area contributed by atoms with Crippen LogP contribution in [0.1, 0.15) is 10.4 Å². The third-order valence-electron chi connectivity index (χ3n) is 2.26. The highest BCUT2D eigenvalue weighted by molar-refractivity contribution is 7.90. The maximum atomic E-state index is 11.5. The molecule has 0 aromatic carbocycles. The van der Waals surface area contributed by atoms with E-state index in [2.05, 4.69) is 14.7 Å². The Morgan fingerprint density at radius 1 is 1.50 bits per heavy atom. The molecular weight excluding hydrogens is 258 g/mol. The van der Waals surface area contributed by atoms with E-state index in [-0.39, 0.29) is 17.9 Å². The van der Waals surface area contributed by atoms with Crippen molar-refractivity contribution >= 4 is 21.6 Å². The Kier molecular flexibility index (Phi) is 4.60. The molecule has 100 valence electrons. The van der Waals surface area contributed by atoms with Crippen molar-refractivity contribution in [2.45, 2.75) is 0 Å². The van der Waals surface area contributed by atoms with E-state index in [0.717, 1.165) is 6.26 Å². The summed E-state index contributed by atoms with van der Waals surface area (Å²) in [5, 5.41) is 0. The van der Waals surface area contributed by atoms with Gasteiger partial charge in [0.05, 0.1) is 12.9 Å². The number of esters is 1. The molecule has 0 aliphatic rings. The zero-order chi connectivity index (χ0) is 13.8. The SMILES string of the molecule is COC(=O)c1cncnc1N(C)CCS(C)(=O)=O. The van der Waals surface area contributed by atoms with Crippen molar-refractivity contribution in [1.82, 2.24) is 9.97 Å². The fourth-order valence-corrected chi connectivity index (χ4v) is 1.90. The molecule has 0 spiro atoms. The number of hydrogen-bond donors (Lipinski definition) is 0. The Labute approximate surface area is 106 Å². The molecule has 0 unspecified atom stereocenters. The second-order valence-corrected chi connectivity index (χ2v) is 6.06. The van der Waals surface area contributed by atoms with Crippen molar-refractivity contribution in [3.63, 3.8) is 0 Å². The van der Waals surface area contributed by atoms with Crippen molar-refractivity contribution in [2.24, 2.45) is 0 Å². The molecule has 0 amide bonds. The Morgan fingerprint density at radius 2 is 2.17 bits per heavy atom. The molecule has 0 fully saturated rings. The van der Waals surface area contributed by atoms with Gasteiger partial charge in [-0.05, 0) is 0 Å². The molecule has 0 N–H and O–H groups in total. The number of aromatic nitrogens is 2. The van der Waals surface area contributed by atoms with Crippen LogP contribution in [0.25, 0.3) is 0 Å². The predicted molar refractivity (Wildman–Crippen MR) is 66.4 cm³/mol. The predicted octanol–water partition coefficient (Wildman–Crippen LogP) is -0.256. The summed E-state index contributed by atoms with van der Waals surface area (Å²) in [5.41, 5.74) is 0.205. The first-order valence-corrected chi connectivity index (χ1v) is 7.18. The van der Waals surface area contributed by atoms with Gasteiger partial charge < -0.3 is 9.64 Å². The molecule has 0 aliphatic heterocycles. The quantitative estimate of drug-likeness (QED) is 0.683. The summed E-state index contributed by atoms with van der Waals surface area (Å²) in [4.78, 5) is 20.8. The van der Waals surface area contributed by atoms with Crippen LogP contribution in [0, 0.1) is 0 Å². The number of hydrogen-bond acceptors (Lipinski definition) is 7. The van der Waals surface area contributed by atoms with Gasteiger partial charge in [-0.25, -0.2) is 23.2 Å². The lowest BCUT2D eigenvalue weighted by molar-refractivity contribution is 0.0600. The number of sulfone groups is 1. The number of nitrogens with zero attached hydrogens (tertiary/aromatic N) is 3. The van der Waals surface area contributed by atoms with Crippen LogP contribution in [0.2, 0.25) is 0 Å². The van der Waals surface area contributed by atoms with E-state index >= 15 is 0 Å². The molecule has 7 nitrogen and oxygen atoms in total. The van der Waals surface area contributed by atoms with Crippen molar-refractivity contribution < 1.29 is 17.9 Å². The van der Waals surface area contributed by atoms with Gasteiger partial charge in [-0.15, -0.1) is 0 Å². The molecule has 18 heavy (non-hydrogen) atoms. The number of carbonyl (C=O) groups excluding carboxylic acids is 1. The Morgan fingerprint density at radius 3 is 2.72 bits per heavy atom. The molecule has 0 radical (unpaired) electrons. The largest absolute Gasteiger partial charge is 0.465 e. The van der Waals surface area contributed by atoms with E-state index in [1.54, 1.807) is 11.9 Å². The van der Waals surface area contributed by atoms with Gasteiger partial charge in [0.25, 0.3) is 0 Å². The number of ether oxygens (including phenoxy) is 1. The van der Waals surface area contributed by atoms with E-state index < -0.39 is 15.8 Å². The third kappa shape index (κ3) is 3.95. The summed E-state index contributed by atoms with van der Waals surface area (Å²) >= 11 is 0. The van der Waals surface area contributed by atoms with Crippen LogP contribution in [0.3, 0.4) is 0 Å². The van der Waals surface area contributed by atoms with Crippen molar-refractivity contribution in [2.75, 3.05) is 37.6 Å². The summed E-state index contributed by atoms with van der Waals surface area (Å²) in [7, 11) is -0.155. The first-order valence-electron chi connectivity index (χ1n) is 5.12. The van der Waals surface area contributed by atoms with Crippen LogP contribution in [0.5, 0.6) is 0 Å². The highest BCUT2D eigenvalue weighted by Gasteiger charge is 2.17. The molecule has 8 heteroatoms. The second kappa shape index (κ2) is 5.76. The van der Waals surface area contributed by atoms with Gasteiger partial charge in [0, 0.05) is 26.0 Å². The maximum absolute atomic E-state index is 11.5. The number of anilines is 1. The minimum Gasteiger partial charge on any atom is -0.465 e. The van der Waals surface area contributed by atoms with E-state index in [4.69, 9.17) is 0 Å². The molecule has 0 saturated carbocycles. The highest BCUT2D eigenvalue weighted by atomic mass is 32.2. The van der Waals surface area contributed by atoms with Gasteiger partial charge >= 0.3 is 5.97 Å². The summed E-state index contributed by atoms with van der Waals surface area (Å²) in [5.74, 6) is -0.231. The Bertz CT molecular complexity index is 530. The summed E-state index contributed by atoms with van der Waals surface area (Å²) in [6.07, 6.45) is 3.78. The fraction of sp³-hybridized carbons (Fsp3) is 0.500. The van der Waals surface area contributed by atoms with Crippen LogP contribution in [0.4, 0.5) is 5.82 Å². The topological polar surface area (TPSA) is 89.5 Å². The third-order valence-corrected chi connectivity index (χ3v) is 3.18. The first kappa shape index (κ1) is 14.4. The van der Waals surface area contributed by atoms with Crippen molar-refractivity contribution in [3.05, 3.63) is 18.1 Å². The van der Waals surface area contributed by atoms with Crippen LogP contribution >= 0.6 is 0 Å². The van der Waals surface area contributed by atoms with E-state index in [1.165, 1.54) is 19.6 Å². The van der Waals surface area contributed by atoms with E-state index in [9.17, 15) is 13.2 Å². The molecule has 1 rings (SSSR count). The molecule has 0 atom stereocenters. The van der Waals surface area contributed by atoms with Crippen molar-refractivity contribution in [3.8, 4) is 0 Å². The summed E-state index contributed by atoms with van der Waals surface area (Å²) in [6, 6.07) is 0. The first-order chi connectivity index (χ1) is 8.35. The minimum absolute atomic E-state index is 0.0197. The normalized spacial score (nSPS) is 11.1. The Hall–Kier alpha value is -1.70. The summed E-state index contributed by atoms with van der Waals surface area (Å²) in [6.45, 7) is 0.236. The average Bonchev–Trinajstić information content (AvgIpc) is 2.34. The standard InChI is InChI=1S/C10H15N3O4S/c1-13(4-5-18(3,15)16)9-8(10(14)17-2)6-11-7-12-9/h6-7H,4-5H2,1-3H3. The molecule has 1 aromatic heterocycles. The lowest BCUT2D eigenvalue weighted by Crippen LogP contribution is -2.27. The number of rotatable bonds is 5. The van der Waals surface area contributed by atoms with E-state index in [0.29, 0.717) is 5.82 Å². The fourth-order valence-electron chi connectivity index (χ4n) is 1.29. The molecule has 0 bridgehead atoms. The lowest BCUT2D eigenvalue weighted by Gasteiger charge is -2.19. The van der Waals surface area contributed by atoms with Crippen LogP contribution in [0.15, 0.2) is 12.5 Å². The van der Waals surface area contributed by atoms with Crippen LogP contribution in [-0.4, -0.2) is 57.1 Å². The molecule has 0 saturated heterocycles. The van der Waals surface area contributed by atoms with Gasteiger partial charge in [-0.1, -0.05) is 0 Å². The van der Waals surface area contributed by atoms with Gasteiger partial charge in [-0.2, -0.15) is 0 Å². The highest BCUT2D eigenvalue weighted by Crippen LogP contribution is 2.15. The number of methoxy groups -OCH3 is 1. The van der Waals surface area contributed by atoms with Crippen LogP contribution in [-0.2, 0) is 14.6 Å². The van der Waals surface area contributed by atoms with Crippen LogP contribution < -0.4 is 4.90 Å². The zero-order valence-corrected chi connectivity index (χ0v) is 11.3. The van der Waals surface area contributed by atoms with E-state index in [1.807, 2.05) is 0 Å².